The second-order valence-corrected chi connectivity index (χ2v) is 23.2. The first-order valence-electron chi connectivity index (χ1n) is 10.4. The van der Waals surface area contributed by atoms with E-state index in [2.05, 4.69) is 0 Å². The summed E-state index contributed by atoms with van der Waals surface area (Å²) in [5, 5.41) is 23.6. The molecular weight excluding hydrogens is 729 g/mol. The maximum absolute atomic E-state index is 12.1. The smallest absolute Gasteiger partial charge is 0.199 e. The number of carbonyl (C=O) groups is 2. The largest absolute Gasteiger partial charge is 0.616 e. The highest BCUT2D eigenvalue weighted by atomic mass is 32.3. The van der Waals surface area contributed by atoms with E-state index in [0.717, 1.165) is 36.9 Å². The van der Waals surface area contributed by atoms with Crippen LogP contribution in [0.3, 0.4) is 0 Å². The maximum atomic E-state index is 12.1. The van der Waals surface area contributed by atoms with Gasteiger partial charge in [0.05, 0.1) is 23.4 Å². The number of thioether (sulfide) groups is 11. The molecule has 0 heterocycles. The summed E-state index contributed by atoms with van der Waals surface area (Å²) in [5.41, 5.74) is 0. The predicted octanol–water partition coefficient (Wildman–Crippen LogP) is 5.16. The van der Waals surface area contributed by atoms with E-state index in [9.17, 15) is 18.7 Å². The Morgan fingerprint density at radius 2 is 0.973 bits per heavy atom. The number of carbonyl (C=O) groups excluding carboxylic acids is 2. The first-order chi connectivity index (χ1) is 18.0. The van der Waals surface area contributed by atoms with Gasteiger partial charge >= 0.3 is 0 Å². The van der Waals surface area contributed by atoms with Crippen LogP contribution in [0.2, 0.25) is 0 Å². The average molecular weight is 763 g/mol. The summed E-state index contributed by atoms with van der Waals surface area (Å²) in [4.78, 5) is 23.5. The summed E-state index contributed by atoms with van der Waals surface area (Å²) in [5.74, 6) is 3.95. The molecule has 0 radical (unpaired) electrons. The van der Waals surface area contributed by atoms with Crippen molar-refractivity contribution in [2.75, 3.05) is 87.1 Å². The van der Waals surface area contributed by atoms with Crippen LogP contribution in [0.25, 0.3) is 0 Å². The van der Waals surface area contributed by atoms with Gasteiger partial charge in [-0.2, -0.15) is 0 Å². The van der Waals surface area contributed by atoms with Gasteiger partial charge in [0.2, 0.25) is 0 Å². The lowest BCUT2D eigenvalue weighted by molar-refractivity contribution is -0.109. The zero-order valence-corrected chi connectivity index (χ0v) is 30.8. The van der Waals surface area contributed by atoms with Gasteiger partial charge in [-0.25, -0.2) is 0 Å². The third-order valence-corrected chi connectivity index (χ3v) is 19.7. The van der Waals surface area contributed by atoms with Crippen LogP contribution in [-0.4, -0.2) is 117 Å². The molecule has 0 aromatic heterocycles. The zero-order valence-electron chi connectivity index (χ0n) is 20.1. The average Bonchev–Trinajstić information content (AvgIpc) is 2.88. The van der Waals surface area contributed by atoms with Crippen molar-refractivity contribution in [3.05, 3.63) is 0 Å². The molecule has 0 spiro atoms. The fraction of sp³-hybridized carbons (Fsp3) is 0.889. The number of aliphatic hydroxyl groups is 2. The molecule has 220 valence electrons. The Balaban J connectivity index is 3.35. The van der Waals surface area contributed by atoms with E-state index in [1.54, 1.807) is 82.3 Å². The molecular formula is C18H34O6S13. The maximum Gasteiger partial charge on any atom is 0.199 e. The quantitative estimate of drug-likeness (QED) is 0.0620. The summed E-state index contributed by atoms with van der Waals surface area (Å²) in [7, 11) is 0. The molecule has 19 heteroatoms. The summed E-state index contributed by atoms with van der Waals surface area (Å²) in [6.45, 7) is 0. The number of hydrogen-bond acceptors (Lipinski definition) is 17. The molecule has 6 nitrogen and oxygen atoms in total. The van der Waals surface area contributed by atoms with Crippen molar-refractivity contribution in [3.63, 3.8) is 0 Å². The topological polar surface area (TPSA) is 121 Å². The monoisotopic (exact) mass is 762 g/mol. The van der Waals surface area contributed by atoms with Gasteiger partial charge in [0.25, 0.3) is 0 Å². The van der Waals surface area contributed by atoms with Gasteiger partial charge in [-0.15, -0.1) is 82.3 Å². The molecule has 2 atom stereocenters. The van der Waals surface area contributed by atoms with Crippen LogP contribution in [-0.2, 0) is 31.9 Å². The minimum Gasteiger partial charge on any atom is -0.616 e. The van der Waals surface area contributed by atoms with Gasteiger partial charge in [0.15, 0.2) is 20.4 Å². The van der Waals surface area contributed by atoms with E-state index in [1.807, 2.05) is 0 Å². The third-order valence-electron chi connectivity index (χ3n) is 3.24. The van der Waals surface area contributed by atoms with Crippen molar-refractivity contribution in [1.29, 1.82) is 0 Å². The van der Waals surface area contributed by atoms with Gasteiger partial charge in [-0.3, -0.25) is 9.59 Å². The van der Waals surface area contributed by atoms with Crippen molar-refractivity contribution < 1.29 is 28.9 Å². The van der Waals surface area contributed by atoms with Crippen molar-refractivity contribution in [1.82, 2.24) is 0 Å². The summed E-state index contributed by atoms with van der Waals surface area (Å²) >= 11 is 15.3. The van der Waals surface area contributed by atoms with Crippen LogP contribution in [0.5, 0.6) is 0 Å². The molecule has 0 bridgehead atoms. The first kappa shape index (κ1) is 40.7. The molecule has 2 unspecified atom stereocenters. The molecule has 0 aromatic carbocycles. The molecule has 37 heavy (non-hydrogen) atoms. The van der Waals surface area contributed by atoms with Crippen LogP contribution in [0.1, 0.15) is 0 Å². The molecule has 0 saturated heterocycles. The standard InChI is InChI=1S/C18H34O6S13/c19-7-29-13-34-17(21)5-27-10-26-2-4-37(24)16-33-12-31-11-32-14-35-18(22)6-28-9-25-1-3-36(23)15-30-8-20/h19-20H,1-16H2. The van der Waals surface area contributed by atoms with Crippen molar-refractivity contribution in [2.45, 2.75) is 0 Å². The second kappa shape index (κ2) is 32.6. The Kier molecular flexibility index (Phi) is 35.9. The number of hydrogen-bond donors (Lipinski definition) is 2. The van der Waals surface area contributed by atoms with Gasteiger partial charge < -0.3 is 19.3 Å². The fourth-order valence-corrected chi connectivity index (χ4v) is 16.5. The lowest BCUT2D eigenvalue weighted by Crippen LogP contribution is -2.11. The molecule has 0 aromatic rings. The zero-order chi connectivity index (χ0) is 27.4. The van der Waals surface area contributed by atoms with Crippen molar-refractivity contribution in [3.8, 4) is 0 Å². The molecule has 0 fully saturated rings. The number of rotatable bonds is 28. The van der Waals surface area contributed by atoms with E-state index < -0.39 is 22.4 Å². The third kappa shape index (κ3) is 32.5. The highest BCUT2D eigenvalue weighted by Crippen LogP contribution is 2.24. The second-order valence-electron chi connectivity index (χ2n) is 6.06. The Hall–Kier alpha value is 3.73. The Morgan fingerprint density at radius 3 is 1.51 bits per heavy atom. The molecule has 0 saturated carbocycles. The SMILES string of the molecule is O=C(CSCSCC[S+]([O-])CSCSCSCSC(=O)CSCSCC[S+]([O-])CSCO)SCSCO. The van der Waals surface area contributed by atoms with Crippen LogP contribution in [0.15, 0.2) is 0 Å². The molecule has 0 aliphatic rings. The van der Waals surface area contributed by atoms with E-state index in [-0.39, 0.29) is 22.1 Å². The molecule has 0 rings (SSSR count). The Bertz CT molecular complexity index is 540. The van der Waals surface area contributed by atoms with Crippen LogP contribution in [0, 0.1) is 0 Å². The Morgan fingerprint density at radius 1 is 0.541 bits per heavy atom. The van der Waals surface area contributed by atoms with E-state index in [1.165, 1.54) is 47.0 Å². The highest BCUT2D eigenvalue weighted by Gasteiger charge is 2.09. The van der Waals surface area contributed by atoms with E-state index in [4.69, 9.17) is 10.2 Å². The van der Waals surface area contributed by atoms with Gasteiger partial charge in [-0.1, -0.05) is 47.0 Å². The van der Waals surface area contributed by atoms with Crippen LogP contribution in [0.4, 0.5) is 0 Å². The molecule has 0 aliphatic heterocycles. The minimum atomic E-state index is -0.886. The summed E-state index contributed by atoms with van der Waals surface area (Å²) < 4.78 is 23.6. The molecule has 0 aliphatic carbocycles. The Labute approximate surface area is 274 Å². The highest BCUT2D eigenvalue weighted by molar-refractivity contribution is 8.30. The number of aliphatic hydroxyl groups excluding tert-OH is 2. The lowest BCUT2D eigenvalue weighted by Gasteiger charge is -2.10. The van der Waals surface area contributed by atoms with E-state index >= 15 is 0 Å². The summed E-state index contributed by atoms with van der Waals surface area (Å²) in [6.07, 6.45) is 0. The molecule has 2 N–H and O–H groups in total. The van der Waals surface area contributed by atoms with Gasteiger partial charge in [0.1, 0.15) is 11.5 Å². The fourth-order valence-electron chi connectivity index (χ4n) is 1.69. The molecule has 0 amide bonds. The van der Waals surface area contributed by atoms with Crippen LogP contribution < -0.4 is 0 Å². The minimum absolute atomic E-state index is 0.00682. The lowest BCUT2D eigenvalue weighted by atomic mass is 10.9. The van der Waals surface area contributed by atoms with Crippen molar-refractivity contribution >= 4 is 162 Å². The normalized spacial score (nSPS) is 13.1. The van der Waals surface area contributed by atoms with Gasteiger partial charge in [0, 0.05) is 42.0 Å². The first-order valence-corrected chi connectivity index (χ1v) is 25.8. The van der Waals surface area contributed by atoms with Crippen molar-refractivity contribution in [2.24, 2.45) is 0 Å². The van der Waals surface area contributed by atoms with Crippen LogP contribution >= 0.6 is 129 Å². The predicted molar refractivity (Wildman–Crippen MR) is 192 cm³/mol. The van der Waals surface area contributed by atoms with E-state index in [0.29, 0.717) is 38.3 Å². The van der Waals surface area contributed by atoms with Gasteiger partial charge in [-0.05, 0) is 22.4 Å². The summed E-state index contributed by atoms with van der Waals surface area (Å²) in [6, 6.07) is 0.